The van der Waals surface area contributed by atoms with Gasteiger partial charge >= 0.3 is 0 Å². The monoisotopic (exact) mass is 522 g/mol. The Morgan fingerprint density at radius 3 is 2.24 bits per heavy atom. The lowest BCUT2D eigenvalue weighted by molar-refractivity contribution is -0.121. The Balaban J connectivity index is 0.00000420. The summed E-state index contributed by atoms with van der Waals surface area (Å²) in [5.74, 6) is 2.28. The van der Waals surface area contributed by atoms with Crippen LogP contribution in [-0.2, 0) is 4.79 Å². The predicted molar refractivity (Wildman–Crippen MR) is 132 cm³/mol. The lowest BCUT2D eigenvalue weighted by Crippen LogP contribution is -2.52. The molecule has 0 aromatic rings. The van der Waals surface area contributed by atoms with E-state index in [2.05, 4.69) is 53.2 Å². The van der Waals surface area contributed by atoms with Crippen LogP contribution >= 0.6 is 24.0 Å². The van der Waals surface area contributed by atoms with Gasteiger partial charge in [-0.15, -0.1) is 24.0 Å². The SMILES string of the molecule is CCNC(=NCC(C(C)C)N1CCN(C)CC1)N1CCC(CC(=O)NC)CC1.I. The fourth-order valence-corrected chi connectivity index (χ4v) is 4.22. The molecule has 8 heteroatoms. The first-order valence-electron chi connectivity index (χ1n) is 11.1. The number of aliphatic imine (C=N–C) groups is 1. The van der Waals surface area contributed by atoms with Crippen molar-refractivity contribution in [2.45, 2.75) is 46.1 Å². The number of carbonyl (C=O) groups is 1. The molecular formula is C21H43IN6O. The van der Waals surface area contributed by atoms with Gasteiger partial charge in [-0.3, -0.25) is 14.7 Å². The summed E-state index contributed by atoms with van der Waals surface area (Å²) in [6.07, 6.45) is 2.77. The fraction of sp³-hybridized carbons (Fsp3) is 0.905. The number of hydrogen-bond donors (Lipinski definition) is 2. The van der Waals surface area contributed by atoms with Crippen LogP contribution in [0.2, 0.25) is 0 Å². The topological polar surface area (TPSA) is 63.2 Å². The molecule has 2 saturated heterocycles. The number of nitrogens with zero attached hydrogens (tertiary/aromatic N) is 4. The van der Waals surface area contributed by atoms with Crippen molar-refractivity contribution < 1.29 is 4.79 Å². The van der Waals surface area contributed by atoms with Crippen molar-refractivity contribution in [3.8, 4) is 0 Å². The molecule has 1 amide bonds. The lowest BCUT2D eigenvalue weighted by atomic mass is 9.93. The Bertz CT molecular complexity index is 499. The summed E-state index contributed by atoms with van der Waals surface area (Å²) < 4.78 is 0. The number of hydrogen-bond acceptors (Lipinski definition) is 4. The average molecular weight is 523 g/mol. The van der Waals surface area contributed by atoms with Crippen LogP contribution in [0.25, 0.3) is 0 Å². The summed E-state index contributed by atoms with van der Waals surface area (Å²) in [4.78, 5) is 24.1. The van der Waals surface area contributed by atoms with E-state index in [4.69, 9.17) is 4.99 Å². The molecule has 2 fully saturated rings. The molecule has 0 saturated carbocycles. The number of rotatable bonds is 7. The number of amides is 1. The summed E-state index contributed by atoms with van der Waals surface area (Å²) >= 11 is 0. The van der Waals surface area contributed by atoms with E-state index >= 15 is 0 Å². The first kappa shape index (κ1) is 26.4. The van der Waals surface area contributed by atoms with E-state index in [1.54, 1.807) is 7.05 Å². The summed E-state index contributed by atoms with van der Waals surface area (Å²) in [5, 5.41) is 6.24. The maximum Gasteiger partial charge on any atom is 0.220 e. The second-order valence-electron chi connectivity index (χ2n) is 8.65. The maximum absolute atomic E-state index is 11.6. The van der Waals surface area contributed by atoms with Crippen LogP contribution in [0.1, 0.15) is 40.0 Å². The van der Waals surface area contributed by atoms with Crippen LogP contribution in [0.5, 0.6) is 0 Å². The van der Waals surface area contributed by atoms with E-state index in [0.717, 1.165) is 71.2 Å². The Morgan fingerprint density at radius 2 is 1.72 bits per heavy atom. The van der Waals surface area contributed by atoms with Crippen LogP contribution in [0.3, 0.4) is 0 Å². The zero-order valence-electron chi connectivity index (χ0n) is 19.1. The highest BCUT2D eigenvalue weighted by Crippen LogP contribution is 2.21. The van der Waals surface area contributed by atoms with Gasteiger partial charge in [-0.05, 0) is 38.6 Å². The molecule has 0 spiro atoms. The summed E-state index contributed by atoms with van der Waals surface area (Å²) in [6, 6.07) is 0.494. The number of piperidine rings is 1. The van der Waals surface area contributed by atoms with E-state index < -0.39 is 0 Å². The second kappa shape index (κ2) is 13.6. The third-order valence-corrected chi connectivity index (χ3v) is 6.21. The molecule has 0 radical (unpaired) electrons. The molecule has 2 rings (SSSR count). The summed E-state index contributed by atoms with van der Waals surface area (Å²) in [7, 11) is 3.93. The van der Waals surface area contributed by atoms with Crippen LogP contribution in [0.15, 0.2) is 4.99 Å². The smallest absolute Gasteiger partial charge is 0.220 e. The van der Waals surface area contributed by atoms with Gasteiger partial charge in [0.2, 0.25) is 5.91 Å². The van der Waals surface area contributed by atoms with E-state index in [-0.39, 0.29) is 29.9 Å². The minimum absolute atomic E-state index is 0. The fourth-order valence-electron chi connectivity index (χ4n) is 4.22. The third kappa shape index (κ3) is 8.57. The summed E-state index contributed by atoms with van der Waals surface area (Å²) in [6.45, 7) is 15.0. The first-order chi connectivity index (χ1) is 13.4. The van der Waals surface area contributed by atoms with Crippen molar-refractivity contribution in [1.29, 1.82) is 0 Å². The largest absolute Gasteiger partial charge is 0.359 e. The molecule has 0 aromatic heterocycles. The standard InChI is InChI=1S/C21H42N6O.HI/c1-6-23-21(27-9-7-18(8-10-27)15-20(28)22-4)24-16-19(17(2)3)26-13-11-25(5)12-14-26;/h17-19H,6-16H2,1-5H3,(H,22,28)(H,23,24);1H. The van der Waals surface area contributed by atoms with Crippen molar-refractivity contribution in [3.63, 3.8) is 0 Å². The second-order valence-corrected chi connectivity index (χ2v) is 8.65. The van der Waals surface area contributed by atoms with Gasteiger partial charge in [0.25, 0.3) is 0 Å². The van der Waals surface area contributed by atoms with Gasteiger partial charge in [0.15, 0.2) is 5.96 Å². The number of carbonyl (C=O) groups excluding carboxylic acids is 1. The Kier molecular flexibility index (Phi) is 12.4. The number of guanidine groups is 1. The van der Waals surface area contributed by atoms with Crippen LogP contribution in [0, 0.1) is 11.8 Å². The van der Waals surface area contributed by atoms with E-state index in [1.165, 1.54) is 0 Å². The normalized spacial score (nSPS) is 21.0. The zero-order chi connectivity index (χ0) is 20.5. The van der Waals surface area contributed by atoms with Crippen molar-refractivity contribution in [2.24, 2.45) is 16.8 Å². The number of nitrogens with one attached hydrogen (secondary N) is 2. The highest BCUT2D eigenvalue weighted by Gasteiger charge is 2.26. The minimum Gasteiger partial charge on any atom is -0.359 e. The average Bonchev–Trinajstić information content (AvgIpc) is 2.69. The molecule has 0 aliphatic carbocycles. The molecule has 1 atom stereocenters. The molecule has 7 nitrogen and oxygen atoms in total. The van der Waals surface area contributed by atoms with Gasteiger partial charge < -0.3 is 20.4 Å². The number of piperazine rings is 1. The van der Waals surface area contributed by atoms with Crippen molar-refractivity contribution in [3.05, 3.63) is 0 Å². The molecular weight excluding hydrogens is 479 g/mol. The van der Waals surface area contributed by atoms with E-state index in [9.17, 15) is 4.79 Å². The molecule has 0 aromatic carbocycles. The van der Waals surface area contributed by atoms with Crippen LogP contribution < -0.4 is 10.6 Å². The first-order valence-corrected chi connectivity index (χ1v) is 11.1. The Hall–Kier alpha value is -0.610. The molecule has 0 bridgehead atoms. The predicted octanol–water partition coefficient (Wildman–Crippen LogP) is 1.69. The van der Waals surface area contributed by atoms with Gasteiger partial charge in [0, 0.05) is 65.3 Å². The lowest BCUT2D eigenvalue weighted by Gasteiger charge is -2.39. The molecule has 1 unspecified atom stereocenters. The van der Waals surface area contributed by atoms with Gasteiger partial charge in [-0.25, -0.2) is 0 Å². The molecule has 2 heterocycles. The van der Waals surface area contributed by atoms with Crippen molar-refractivity contribution in [1.82, 2.24) is 25.3 Å². The minimum atomic E-state index is 0. The molecule has 2 aliphatic heterocycles. The van der Waals surface area contributed by atoms with Crippen LogP contribution in [-0.4, -0.2) is 99.1 Å². The summed E-state index contributed by atoms with van der Waals surface area (Å²) in [5.41, 5.74) is 0. The Labute approximate surface area is 195 Å². The van der Waals surface area contributed by atoms with E-state index in [0.29, 0.717) is 24.3 Å². The molecule has 170 valence electrons. The maximum atomic E-state index is 11.6. The molecule has 29 heavy (non-hydrogen) atoms. The van der Waals surface area contributed by atoms with Gasteiger partial charge in [-0.1, -0.05) is 13.8 Å². The van der Waals surface area contributed by atoms with Gasteiger partial charge in [0.05, 0.1) is 6.54 Å². The van der Waals surface area contributed by atoms with Gasteiger partial charge in [-0.2, -0.15) is 0 Å². The van der Waals surface area contributed by atoms with Crippen molar-refractivity contribution in [2.75, 3.05) is 66.5 Å². The highest BCUT2D eigenvalue weighted by atomic mass is 127. The zero-order valence-corrected chi connectivity index (χ0v) is 21.4. The Morgan fingerprint density at radius 1 is 1.10 bits per heavy atom. The highest BCUT2D eigenvalue weighted by molar-refractivity contribution is 14.0. The number of likely N-dealkylation sites (tertiary alicyclic amines) is 1. The van der Waals surface area contributed by atoms with Crippen LogP contribution in [0.4, 0.5) is 0 Å². The van der Waals surface area contributed by atoms with E-state index in [1.807, 2.05) is 0 Å². The quantitative estimate of drug-likeness (QED) is 0.303. The number of likely N-dealkylation sites (N-methyl/N-ethyl adjacent to an activating group) is 1. The number of halogens is 1. The molecule has 2 aliphatic rings. The van der Waals surface area contributed by atoms with Gasteiger partial charge in [0.1, 0.15) is 0 Å². The van der Waals surface area contributed by atoms with Crippen molar-refractivity contribution >= 4 is 35.8 Å². The third-order valence-electron chi connectivity index (χ3n) is 6.21. The molecule has 2 N–H and O–H groups in total.